The van der Waals surface area contributed by atoms with Gasteiger partial charge in [-0.1, -0.05) is 24.3 Å². The Morgan fingerprint density at radius 2 is 2.00 bits per heavy atom. The Labute approximate surface area is 242 Å². The molecule has 42 heavy (non-hydrogen) atoms. The van der Waals surface area contributed by atoms with Gasteiger partial charge in [0.15, 0.2) is 5.65 Å². The van der Waals surface area contributed by atoms with Gasteiger partial charge in [0.2, 0.25) is 0 Å². The van der Waals surface area contributed by atoms with Gasteiger partial charge in [-0.25, -0.2) is 24.1 Å². The fraction of sp³-hybridized carbons (Fsp3) is 0.333. The highest BCUT2D eigenvalue weighted by Gasteiger charge is 2.28. The zero-order chi connectivity index (χ0) is 28.6. The first-order chi connectivity index (χ1) is 20.6. The monoisotopic (exact) mass is 563 g/mol. The molecule has 9 heteroatoms. The first-order valence-electron chi connectivity index (χ1n) is 14.7. The molecular weight excluding hydrogens is 530 g/mol. The normalized spacial score (nSPS) is 19.2. The Bertz CT molecular complexity index is 1860. The number of carbonyl (C=O) groups is 1. The number of pyridine rings is 2. The van der Waals surface area contributed by atoms with Gasteiger partial charge in [0.05, 0.1) is 30.3 Å². The van der Waals surface area contributed by atoms with Crippen LogP contribution in [0.25, 0.3) is 39.0 Å². The van der Waals surface area contributed by atoms with Crippen LogP contribution in [0.15, 0.2) is 71.9 Å². The summed E-state index contributed by atoms with van der Waals surface area (Å²) in [5.41, 5.74) is 6.74. The number of allylic oxidation sites excluding steroid dienone is 2. The van der Waals surface area contributed by atoms with Crippen LogP contribution in [0, 0.1) is 6.92 Å². The quantitative estimate of drug-likeness (QED) is 0.259. The van der Waals surface area contributed by atoms with Crippen LogP contribution in [0.1, 0.15) is 54.4 Å². The molecule has 1 saturated heterocycles. The highest BCUT2D eigenvalue weighted by molar-refractivity contribution is 5.90. The molecule has 0 unspecified atom stereocenters. The van der Waals surface area contributed by atoms with Crippen molar-refractivity contribution in [2.75, 3.05) is 6.61 Å². The third kappa shape index (κ3) is 4.83. The van der Waals surface area contributed by atoms with Crippen molar-refractivity contribution >= 4 is 33.9 Å². The minimum absolute atomic E-state index is 0.0973. The van der Waals surface area contributed by atoms with E-state index in [4.69, 9.17) is 14.5 Å². The third-order valence-corrected chi connectivity index (χ3v) is 8.49. The zero-order valence-electron chi connectivity index (χ0n) is 23.6. The molecule has 9 nitrogen and oxygen atoms in total. The number of hydrogen-bond acceptors (Lipinski definition) is 6. The van der Waals surface area contributed by atoms with Gasteiger partial charge in [-0.2, -0.15) is 0 Å². The van der Waals surface area contributed by atoms with Crippen LogP contribution in [0.4, 0.5) is 0 Å². The predicted octanol–water partition coefficient (Wildman–Crippen LogP) is 5.87. The molecular formula is C33H33N5O4. The largest absolute Gasteiger partial charge is 0.456 e. The molecule has 0 spiro atoms. The second kappa shape index (κ2) is 11.1. The van der Waals surface area contributed by atoms with Crippen molar-refractivity contribution in [2.24, 2.45) is 0 Å². The fourth-order valence-corrected chi connectivity index (χ4v) is 6.19. The number of carbonyl (C=O) groups excluding carboxylic acids is 1. The second-order valence-electron chi connectivity index (χ2n) is 11.2. The zero-order valence-corrected chi connectivity index (χ0v) is 23.6. The van der Waals surface area contributed by atoms with Crippen LogP contribution < -0.4 is 5.69 Å². The number of hydrogen-bond donors (Lipinski definition) is 1. The van der Waals surface area contributed by atoms with Gasteiger partial charge in [0.25, 0.3) is 0 Å². The minimum Gasteiger partial charge on any atom is -0.456 e. The van der Waals surface area contributed by atoms with E-state index < -0.39 is 0 Å². The number of aromatic nitrogens is 5. The summed E-state index contributed by atoms with van der Waals surface area (Å²) >= 11 is 0. The van der Waals surface area contributed by atoms with E-state index in [0.717, 1.165) is 64.6 Å². The van der Waals surface area contributed by atoms with Crippen LogP contribution in [-0.2, 0) is 16.0 Å². The Morgan fingerprint density at radius 3 is 2.79 bits per heavy atom. The first-order valence-corrected chi connectivity index (χ1v) is 14.7. The Balaban J connectivity index is 1.19. The minimum atomic E-state index is -0.344. The molecule has 1 fully saturated rings. The summed E-state index contributed by atoms with van der Waals surface area (Å²) in [7, 11) is 0. The SMILES string of the molecule is Cc1c(-c2cnc3c(c2)n(C[C@@H]2CC[C@H](OC(=O)c4ccccc4)CO2)c(=O)n3C2=CCCCC2)cnc2[nH]ccc12. The number of benzene rings is 1. The van der Waals surface area contributed by atoms with Gasteiger partial charge in [0.1, 0.15) is 11.8 Å². The van der Waals surface area contributed by atoms with Crippen molar-refractivity contribution < 1.29 is 14.3 Å². The molecule has 1 aliphatic heterocycles. The summed E-state index contributed by atoms with van der Waals surface area (Å²) in [6, 6.07) is 13.1. The maximum atomic E-state index is 14.0. The average molecular weight is 564 g/mol. The molecule has 1 N–H and O–H groups in total. The Hall–Kier alpha value is -4.50. The van der Waals surface area contributed by atoms with Gasteiger partial charge in [0, 0.05) is 40.8 Å². The molecule has 0 saturated carbocycles. The number of nitrogens with one attached hydrogen (secondary N) is 1. The van der Waals surface area contributed by atoms with E-state index in [1.165, 1.54) is 0 Å². The number of esters is 1. The van der Waals surface area contributed by atoms with Crippen LogP contribution in [0.2, 0.25) is 0 Å². The van der Waals surface area contributed by atoms with Crippen molar-refractivity contribution in [1.29, 1.82) is 0 Å². The molecule has 0 bridgehead atoms. The van der Waals surface area contributed by atoms with Crippen LogP contribution in [0.5, 0.6) is 0 Å². The number of ether oxygens (including phenoxy) is 2. The fourth-order valence-electron chi connectivity index (χ4n) is 6.19. The van der Waals surface area contributed by atoms with E-state index in [-0.39, 0.29) is 23.9 Å². The third-order valence-electron chi connectivity index (χ3n) is 8.49. The Morgan fingerprint density at radius 1 is 1.12 bits per heavy atom. The standard InChI is InChI=1S/C33H33N5O4/c1-21-27-14-15-34-30(27)35-18-28(21)23-16-29-31(36-17-23)38(24-10-6-3-7-11-24)33(40)37(29)19-25-12-13-26(20-41-25)42-32(39)22-8-4-2-5-9-22/h2,4-5,8-10,14-18,25-26H,3,6-7,11-13,19-20H2,1H3,(H,34,35)/t25-,26-/m0/s1. The molecule has 2 aliphatic rings. The lowest BCUT2D eigenvalue weighted by atomic mass is 10.0. The summed E-state index contributed by atoms with van der Waals surface area (Å²) in [4.78, 5) is 39.1. The summed E-state index contributed by atoms with van der Waals surface area (Å²) < 4.78 is 15.4. The lowest BCUT2D eigenvalue weighted by Crippen LogP contribution is -2.37. The molecule has 0 radical (unpaired) electrons. The average Bonchev–Trinajstić information content (AvgIpc) is 3.62. The summed E-state index contributed by atoms with van der Waals surface area (Å²) in [5.74, 6) is -0.344. The highest BCUT2D eigenvalue weighted by Crippen LogP contribution is 2.31. The Kier molecular flexibility index (Phi) is 6.95. The van der Waals surface area contributed by atoms with Gasteiger partial charge in [-0.15, -0.1) is 0 Å². The smallest absolute Gasteiger partial charge is 0.338 e. The van der Waals surface area contributed by atoms with Crippen molar-refractivity contribution in [1.82, 2.24) is 24.1 Å². The molecule has 4 aromatic heterocycles. The first kappa shape index (κ1) is 26.4. The molecule has 0 amide bonds. The number of rotatable bonds is 6. The van der Waals surface area contributed by atoms with E-state index in [2.05, 4.69) is 29.0 Å². The van der Waals surface area contributed by atoms with Crippen molar-refractivity contribution in [3.63, 3.8) is 0 Å². The van der Waals surface area contributed by atoms with E-state index in [1.807, 2.05) is 42.9 Å². The topological polar surface area (TPSA) is 104 Å². The number of H-pyrrole nitrogens is 1. The predicted molar refractivity (Wildman–Crippen MR) is 161 cm³/mol. The molecule has 214 valence electrons. The lowest BCUT2D eigenvalue weighted by Gasteiger charge is -2.29. The van der Waals surface area contributed by atoms with E-state index in [9.17, 15) is 9.59 Å². The van der Waals surface area contributed by atoms with Crippen LogP contribution in [0.3, 0.4) is 0 Å². The molecule has 7 rings (SSSR count). The van der Waals surface area contributed by atoms with Crippen LogP contribution >= 0.6 is 0 Å². The van der Waals surface area contributed by atoms with Crippen molar-refractivity contribution in [3.05, 3.63) is 88.7 Å². The van der Waals surface area contributed by atoms with Crippen LogP contribution in [-0.4, -0.2) is 48.9 Å². The number of aromatic amines is 1. The molecule has 5 aromatic rings. The number of imidazole rings is 1. The van der Waals surface area contributed by atoms with Crippen molar-refractivity contribution in [2.45, 2.75) is 64.2 Å². The van der Waals surface area contributed by atoms with Gasteiger partial charge >= 0.3 is 11.7 Å². The summed E-state index contributed by atoms with van der Waals surface area (Å²) in [6.45, 7) is 2.78. The van der Waals surface area contributed by atoms with Gasteiger partial charge in [-0.3, -0.25) is 4.57 Å². The molecule has 1 aromatic carbocycles. The maximum Gasteiger partial charge on any atom is 0.338 e. The van der Waals surface area contributed by atoms with Crippen molar-refractivity contribution in [3.8, 4) is 11.1 Å². The van der Waals surface area contributed by atoms with E-state index in [1.54, 1.807) is 21.3 Å². The molecule has 5 heterocycles. The second-order valence-corrected chi connectivity index (χ2v) is 11.2. The lowest BCUT2D eigenvalue weighted by molar-refractivity contribution is -0.0710. The van der Waals surface area contributed by atoms with Gasteiger partial charge in [-0.05, 0) is 75.3 Å². The summed E-state index contributed by atoms with van der Waals surface area (Å²) in [6.07, 6.45) is 12.6. The molecule has 2 atom stereocenters. The highest BCUT2D eigenvalue weighted by atomic mass is 16.6. The number of nitrogens with zero attached hydrogens (tertiary/aromatic N) is 4. The van der Waals surface area contributed by atoms with Gasteiger partial charge < -0.3 is 14.5 Å². The van der Waals surface area contributed by atoms with E-state index in [0.29, 0.717) is 37.2 Å². The summed E-state index contributed by atoms with van der Waals surface area (Å²) in [5, 5.41) is 1.06. The number of fused-ring (bicyclic) bond motifs is 2. The van der Waals surface area contributed by atoms with E-state index >= 15 is 0 Å². The molecule has 1 aliphatic carbocycles. The number of aryl methyl sites for hydroxylation is 1. The maximum absolute atomic E-state index is 14.0.